The number of piperidine rings is 1. The van der Waals surface area contributed by atoms with Crippen LogP contribution in [-0.2, 0) is 0 Å². The van der Waals surface area contributed by atoms with E-state index in [9.17, 15) is 0 Å². The van der Waals surface area contributed by atoms with Gasteiger partial charge in [0.25, 0.3) is 0 Å². The zero-order valence-electron chi connectivity index (χ0n) is 15.2. The van der Waals surface area contributed by atoms with Gasteiger partial charge in [-0.1, -0.05) is 54.4 Å². The van der Waals surface area contributed by atoms with E-state index < -0.39 is 0 Å². The lowest BCUT2D eigenvalue weighted by Gasteiger charge is -2.52. The van der Waals surface area contributed by atoms with Crippen molar-refractivity contribution in [2.24, 2.45) is 5.92 Å². The molecule has 4 rings (SSSR count). The second-order valence-electron chi connectivity index (χ2n) is 7.40. The van der Waals surface area contributed by atoms with E-state index in [2.05, 4.69) is 59.3 Å². The topological polar surface area (TPSA) is 39.3 Å². The first-order valence-electron chi connectivity index (χ1n) is 8.98. The smallest absolute Gasteiger partial charge is 0.182 e. The van der Waals surface area contributed by atoms with Crippen LogP contribution in [0.25, 0.3) is 0 Å². The first-order valence-corrected chi connectivity index (χ1v) is 10.1. The van der Waals surface area contributed by atoms with Gasteiger partial charge in [0, 0.05) is 34.5 Å². The molecule has 2 heterocycles. The Kier molecular flexibility index (Phi) is 5.08. The highest BCUT2D eigenvalue weighted by Crippen LogP contribution is 2.48. The fourth-order valence-electron chi connectivity index (χ4n) is 4.44. The Balaban J connectivity index is 1.77. The van der Waals surface area contributed by atoms with E-state index in [0.29, 0.717) is 5.11 Å². The molecule has 0 aliphatic carbocycles. The quantitative estimate of drug-likeness (QED) is 0.626. The number of halogens is 2. The van der Waals surface area contributed by atoms with Crippen molar-refractivity contribution >= 4 is 40.5 Å². The minimum absolute atomic E-state index is 0.180. The number of nitrogens with one attached hydrogen (secondary N) is 3. The van der Waals surface area contributed by atoms with Crippen LogP contribution in [-0.4, -0.2) is 22.7 Å². The Hall–Kier alpha value is -1.37. The number of hydrazine groups is 1. The van der Waals surface area contributed by atoms with Crippen LogP contribution in [0.2, 0.25) is 10.0 Å². The average molecular weight is 421 g/mol. The zero-order valence-corrected chi connectivity index (χ0v) is 17.5. The Morgan fingerprint density at radius 2 is 1.56 bits per heavy atom. The van der Waals surface area contributed by atoms with Gasteiger partial charge in [-0.2, -0.15) is 0 Å². The van der Waals surface area contributed by atoms with E-state index in [4.69, 9.17) is 35.4 Å². The minimum atomic E-state index is -0.335. The molecule has 0 radical (unpaired) electrons. The van der Waals surface area contributed by atoms with Gasteiger partial charge in [-0.25, -0.2) is 5.43 Å². The molecule has 27 heavy (non-hydrogen) atoms. The number of hydrogen-bond acceptors (Lipinski definition) is 3. The highest BCUT2D eigenvalue weighted by atomic mass is 35.5. The van der Waals surface area contributed by atoms with Crippen molar-refractivity contribution in [2.75, 3.05) is 7.05 Å². The highest BCUT2D eigenvalue weighted by Gasteiger charge is 2.52. The van der Waals surface area contributed by atoms with E-state index in [1.165, 1.54) is 11.1 Å². The molecule has 0 saturated carbocycles. The number of rotatable bonds is 2. The molecule has 2 aliphatic rings. The summed E-state index contributed by atoms with van der Waals surface area (Å²) in [6.45, 7) is 2.25. The summed E-state index contributed by atoms with van der Waals surface area (Å²) in [6.07, 6.45) is 0.865. The van der Waals surface area contributed by atoms with Crippen LogP contribution >= 0.6 is 35.4 Å². The molecule has 0 aromatic heterocycles. The molecule has 2 aromatic carbocycles. The Bertz CT molecular complexity index is 842. The predicted octanol–water partition coefficient (Wildman–Crippen LogP) is 4.43. The molecule has 0 amide bonds. The van der Waals surface area contributed by atoms with Crippen molar-refractivity contribution in [3.63, 3.8) is 0 Å². The van der Waals surface area contributed by atoms with Crippen molar-refractivity contribution in [1.82, 2.24) is 21.1 Å². The maximum absolute atomic E-state index is 6.12. The molecule has 142 valence electrons. The molecule has 2 aromatic rings. The van der Waals surface area contributed by atoms with E-state index in [0.717, 1.165) is 16.5 Å². The standard InChI is InChI=1S/C20H22Cl2N4S/c1-12-18(14-5-9-16(22)10-6-14)26(2)17(13-3-7-15(21)8-4-13)11-20(12)23-19(27)24-25-20/h3-10,12,17-18,25H,11H2,1-2H3,(H2,23,24,27). The molecule has 7 heteroatoms. The van der Waals surface area contributed by atoms with Crippen LogP contribution in [0.5, 0.6) is 0 Å². The van der Waals surface area contributed by atoms with Crippen LogP contribution in [0.4, 0.5) is 0 Å². The maximum Gasteiger partial charge on any atom is 0.182 e. The molecule has 3 N–H and O–H groups in total. The van der Waals surface area contributed by atoms with Crippen LogP contribution < -0.4 is 16.2 Å². The van der Waals surface area contributed by atoms with Crippen LogP contribution in [0, 0.1) is 5.92 Å². The maximum atomic E-state index is 6.12. The van der Waals surface area contributed by atoms with Gasteiger partial charge in [-0.3, -0.25) is 10.3 Å². The van der Waals surface area contributed by atoms with Gasteiger partial charge < -0.3 is 5.32 Å². The summed E-state index contributed by atoms with van der Waals surface area (Å²) in [4.78, 5) is 2.44. The van der Waals surface area contributed by atoms with E-state index >= 15 is 0 Å². The third-order valence-corrected chi connectivity index (χ3v) is 6.61. The molecular formula is C20H22Cl2N4S. The molecule has 0 bridgehead atoms. The van der Waals surface area contributed by atoms with Crippen LogP contribution in [0.1, 0.15) is 36.6 Å². The summed E-state index contributed by atoms with van der Waals surface area (Å²) in [7, 11) is 2.18. The van der Waals surface area contributed by atoms with Crippen molar-refractivity contribution < 1.29 is 0 Å². The molecule has 2 fully saturated rings. The lowest BCUT2D eigenvalue weighted by molar-refractivity contribution is -0.0115. The van der Waals surface area contributed by atoms with E-state index in [1.807, 2.05) is 24.3 Å². The average Bonchev–Trinajstić information content (AvgIpc) is 3.03. The molecule has 4 nitrogen and oxygen atoms in total. The van der Waals surface area contributed by atoms with Gasteiger partial charge in [0.1, 0.15) is 5.66 Å². The SMILES string of the molecule is CC1C(c2ccc(Cl)cc2)N(C)C(c2ccc(Cl)cc2)CC12NNC(=S)N2. The number of benzene rings is 2. The van der Waals surface area contributed by atoms with Gasteiger partial charge >= 0.3 is 0 Å². The zero-order chi connectivity index (χ0) is 19.2. The van der Waals surface area contributed by atoms with Gasteiger partial charge in [-0.15, -0.1) is 0 Å². The summed E-state index contributed by atoms with van der Waals surface area (Å²) in [5.74, 6) is 0.250. The summed E-state index contributed by atoms with van der Waals surface area (Å²) in [6, 6.07) is 16.6. The fraction of sp³-hybridized carbons (Fsp3) is 0.350. The number of hydrogen-bond donors (Lipinski definition) is 3. The third-order valence-electron chi connectivity index (χ3n) is 5.90. The molecule has 2 aliphatic heterocycles. The van der Waals surface area contributed by atoms with Crippen LogP contribution in [0.15, 0.2) is 48.5 Å². The molecule has 1 spiro atoms. The Morgan fingerprint density at radius 1 is 1.00 bits per heavy atom. The van der Waals surface area contributed by atoms with Crippen LogP contribution in [0.3, 0.4) is 0 Å². The second-order valence-corrected chi connectivity index (χ2v) is 8.68. The summed E-state index contributed by atoms with van der Waals surface area (Å²) in [5.41, 5.74) is 8.66. The molecule has 2 saturated heterocycles. The Morgan fingerprint density at radius 3 is 2.07 bits per heavy atom. The summed E-state index contributed by atoms with van der Waals surface area (Å²) in [5, 5.41) is 5.62. The normalized spacial score (nSPS) is 31.0. The first-order chi connectivity index (χ1) is 12.9. The van der Waals surface area contributed by atoms with Crippen molar-refractivity contribution in [3.05, 3.63) is 69.7 Å². The molecule has 4 atom stereocenters. The van der Waals surface area contributed by atoms with Gasteiger partial charge in [0.2, 0.25) is 0 Å². The largest absolute Gasteiger partial charge is 0.342 e. The monoisotopic (exact) mass is 420 g/mol. The van der Waals surface area contributed by atoms with Gasteiger partial charge in [0.15, 0.2) is 5.11 Å². The van der Waals surface area contributed by atoms with E-state index in [-0.39, 0.29) is 23.7 Å². The fourth-order valence-corrected chi connectivity index (χ4v) is 4.92. The number of nitrogens with zero attached hydrogens (tertiary/aromatic N) is 1. The van der Waals surface area contributed by atoms with Gasteiger partial charge in [0.05, 0.1) is 0 Å². The Labute approximate surface area is 175 Å². The lowest BCUT2D eigenvalue weighted by Crippen LogP contribution is -2.63. The molecular weight excluding hydrogens is 399 g/mol. The summed E-state index contributed by atoms with van der Waals surface area (Å²) >= 11 is 17.6. The van der Waals surface area contributed by atoms with Crippen molar-refractivity contribution in [1.29, 1.82) is 0 Å². The second kappa shape index (κ2) is 7.22. The molecule has 4 unspecified atom stereocenters. The summed E-state index contributed by atoms with van der Waals surface area (Å²) < 4.78 is 0. The first kappa shape index (κ1) is 19.0. The third kappa shape index (κ3) is 3.43. The van der Waals surface area contributed by atoms with E-state index in [1.54, 1.807) is 0 Å². The number of likely N-dealkylation sites (tertiary alicyclic amines) is 1. The van der Waals surface area contributed by atoms with Gasteiger partial charge in [-0.05, 0) is 54.7 Å². The lowest BCUT2D eigenvalue weighted by atomic mass is 9.74. The highest BCUT2D eigenvalue weighted by molar-refractivity contribution is 7.80. The van der Waals surface area contributed by atoms with Crippen molar-refractivity contribution in [2.45, 2.75) is 31.1 Å². The number of thiocarbonyl (C=S) groups is 1. The minimum Gasteiger partial charge on any atom is -0.342 e. The predicted molar refractivity (Wildman–Crippen MR) is 115 cm³/mol. The van der Waals surface area contributed by atoms with Crippen molar-refractivity contribution in [3.8, 4) is 0 Å².